The van der Waals surface area contributed by atoms with E-state index in [2.05, 4.69) is 43.3 Å². The Morgan fingerprint density at radius 2 is 1.71 bits per heavy atom. The van der Waals surface area contributed by atoms with Crippen LogP contribution in [0.15, 0.2) is 48.5 Å². The minimum absolute atomic E-state index is 0.746. The number of ether oxygens (including phenoxy) is 1. The predicted octanol–water partition coefficient (Wildman–Crippen LogP) is 6.22. The SMILES string of the molecule is CCCCCOc1c2ccccc2cc2ccc(Cl)cc12. The molecule has 0 spiro atoms. The average Bonchev–Trinajstić information content (AvgIpc) is 2.51. The summed E-state index contributed by atoms with van der Waals surface area (Å²) in [6.45, 7) is 2.95. The van der Waals surface area contributed by atoms with Crippen LogP contribution in [0.2, 0.25) is 5.02 Å². The zero-order chi connectivity index (χ0) is 14.7. The highest BCUT2D eigenvalue weighted by atomic mass is 35.5. The van der Waals surface area contributed by atoms with Crippen LogP contribution in [0.3, 0.4) is 0 Å². The second-order valence-corrected chi connectivity index (χ2v) is 5.78. The van der Waals surface area contributed by atoms with Crippen LogP contribution in [0.5, 0.6) is 5.75 Å². The molecule has 21 heavy (non-hydrogen) atoms. The maximum Gasteiger partial charge on any atom is 0.134 e. The van der Waals surface area contributed by atoms with Crippen LogP contribution >= 0.6 is 11.6 Å². The highest BCUT2D eigenvalue weighted by Crippen LogP contribution is 2.36. The highest BCUT2D eigenvalue weighted by Gasteiger charge is 2.09. The van der Waals surface area contributed by atoms with E-state index < -0.39 is 0 Å². The summed E-state index contributed by atoms with van der Waals surface area (Å²) in [4.78, 5) is 0. The molecule has 3 aromatic rings. The van der Waals surface area contributed by atoms with Gasteiger partial charge in [-0.15, -0.1) is 0 Å². The molecule has 2 heteroatoms. The Balaban J connectivity index is 2.12. The number of unbranched alkanes of at least 4 members (excludes halogenated alkanes) is 2. The van der Waals surface area contributed by atoms with E-state index in [1.165, 1.54) is 23.6 Å². The Morgan fingerprint density at radius 3 is 2.57 bits per heavy atom. The first-order chi connectivity index (χ1) is 10.3. The molecule has 0 aliphatic carbocycles. The molecule has 0 fully saturated rings. The number of fused-ring (bicyclic) bond motifs is 2. The van der Waals surface area contributed by atoms with E-state index in [-0.39, 0.29) is 0 Å². The summed E-state index contributed by atoms with van der Waals surface area (Å²) >= 11 is 6.17. The second kappa shape index (κ2) is 6.36. The Bertz CT molecular complexity index is 764. The summed E-state index contributed by atoms with van der Waals surface area (Å²) in [5.74, 6) is 0.960. The van der Waals surface area contributed by atoms with Crippen molar-refractivity contribution in [2.75, 3.05) is 6.61 Å². The van der Waals surface area contributed by atoms with Gasteiger partial charge in [0, 0.05) is 15.8 Å². The lowest BCUT2D eigenvalue weighted by Crippen LogP contribution is -1.98. The average molecular weight is 299 g/mol. The van der Waals surface area contributed by atoms with Crippen LogP contribution in [0.4, 0.5) is 0 Å². The lowest BCUT2D eigenvalue weighted by Gasteiger charge is -2.13. The van der Waals surface area contributed by atoms with Crippen molar-refractivity contribution in [3.63, 3.8) is 0 Å². The van der Waals surface area contributed by atoms with Gasteiger partial charge in [0.1, 0.15) is 5.75 Å². The van der Waals surface area contributed by atoms with Crippen molar-refractivity contribution < 1.29 is 4.74 Å². The minimum Gasteiger partial charge on any atom is -0.492 e. The third-order valence-corrected chi connectivity index (χ3v) is 4.01. The van der Waals surface area contributed by atoms with Crippen molar-refractivity contribution >= 4 is 33.1 Å². The first kappa shape index (κ1) is 14.2. The van der Waals surface area contributed by atoms with Crippen LogP contribution < -0.4 is 4.74 Å². The molecule has 0 atom stereocenters. The van der Waals surface area contributed by atoms with Crippen molar-refractivity contribution in [1.82, 2.24) is 0 Å². The Kier molecular flexibility index (Phi) is 4.31. The molecule has 108 valence electrons. The molecule has 0 radical (unpaired) electrons. The molecule has 0 heterocycles. The van der Waals surface area contributed by atoms with Gasteiger partial charge in [-0.2, -0.15) is 0 Å². The van der Waals surface area contributed by atoms with Crippen LogP contribution in [0.25, 0.3) is 21.5 Å². The van der Waals surface area contributed by atoms with E-state index in [0.717, 1.165) is 34.6 Å². The maximum absolute atomic E-state index is 6.17. The van der Waals surface area contributed by atoms with E-state index in [4.69, 9.17) is 16.3 Å². The summed E-state index contributed by atoms with van der Waals surface area (Å²) in [6.07, 6.45) is 3.48. The molecule has 0 saturated heterocycles. The molecule has 0 aliphatic heterocycles. The first-order valence-electron chi connectivity index (χ1n) is 7.53. The zero-order valence-corrected chi connectivity index (χ0v) is 13.0. The number of halogens is 1. The van der Waals surface area contributed by atoms with Gasteiger partial charge in [-0.05, 0) is 35.4 Å². The van der Waals surface area contributed by atoms with E-state index in [1.807, 2.05) is 12.1 Å². The minimum atomic E-state index is 0.746. The third-order valence-electron chi connectivity index (χ3n) is 3.77. The molecular weight excluding hydrogens is 280 g/mol. The van der Waals surface area contributed by atoms with Crippen molar-refractivity contribution in [2.24, 2.45) is 0 Å². The molecular formula is C19H19ClO. The zero-order valence-electron chi connectivity index (χ0n) is 12.2. The topological polar surface area (TPSA) is 9.23 Å². The van der Waals surface area contributed by atoms with Crippen molar-refractivity contribution in [3.05, 3.63) is 53.6 Å². The molecule has 0 aliphatic rings. The molecule has 0 bridgehead atoms. The largest absolute Gasteiger partial charge is 0.492 e. The van der Waals surface area contributed by atoms with Gasteiger partial charge in [0.15, 0.2) is 0 Å². The van der Waals surface area contributed by atoms with E-state index in [0.29, 0.717) is 0 Å². The number of benzene rings is 3. The van der Waals surface area contributed by atoms with Crippen LogP contribution in [-0.4, -0.2) is 6.61 Å². The van der Waals surface area contributed by atoms with Crippen LogP contribution in [-0.2, 0) is 0 Å². The molecule has 0 N–H and O–H groups in total. The Morgan fingerprint density at radius 1 is 0.905 bits per heavy atom. The van der Waals surface area contributed by atoms with Gasteiger partial charge >= 0.3 is 0 Å². The monoisotopic (exact) mass is 298 g/mol. The molecule has 3 aromatic carbocycles. The maximum atomic E-state index is 6.17. The fourth-order valence-electron chi connectivity index (χ4n) is 2.68. The van der Waals surface area contributed by atoms with Gasteiger partial charge in [0.25, 0.3) is 0 Å². The van der Waals surface area contributed by atoms with E-state index in [1.54, 1.807) is 0 Å². The molecule has 0 unspecified atom stereocenters. The van der Waals surface area contributed by atoms with Gasteiger partial charge in [0.05, 0.1) is 6.61 Å². The van der Waals surface area contributed by atoms with Crippen molar-refractivity contribution in [3.8, 4) is 5.75 Å². The second-order valence-electron chi connectivity index (χ2n) is 5.35. The molecule has 3 rings (SSSR count). The lowest BCUT2D eigenvalue weighted by atomic mass is 10.0. The smallest absolute Gasteiger partial charge is 0.134 e. The summed E-state index contributed by atoms with van der Waals surface area (Å²) < 4.78 is 6.13. The van der Waals surface area contributed by atoms with Crippen LogP contribution in [0, 0.1) is 0 Å². The number of hydrogen-bond acceptors (Lipinski definition) is 1. The Labute approximate surface area is 130 Å². The number of rotatable bonds is 5. The normalized spacial score (nSPS) is 11.1. The summed E-state index contributed by atoms with van der Waals surface area (Å²) in [6, 6.07) is 16.5. The summed E-state index contributed by atoms with van der Waals surface area (Å²) in [7, 11) is 0. The highest BCUT2D eigenvalue weighted by molar-refractivity contribution is 6.31. The third kappa shape index (κ3) is 2.98. The van der Waals surface area contributed by atoms with Crippen molar-refractivity contribution in [1.29, 1.82) is 0 Å². The van der Waals surface area contributed by atoms with Gasteiger partial charge < -0.3 is 4.74 Å². The lowest BCUT2D eigenvalue weighted by molar-refractivity contribution is 0.313. The predicted molar refractivity (Wildman–Crippen MR) is 91.5 cm³/mol. The fraction of sp³-hybridized carbons (Fsp3) is 0.263. The van der Waals surface area contributed by atoms with E-state index in [9.17, 15) is 0 Å². The molecule has 0 saturated carbocycles. The fourth-order valence-corrected chi connectivity index (χ4v) is 2.85. The first-order valence-corrected chi connectivity index (χ1v) is 7.91. The number of hydrogen-bond donors (Lipinski definition) is 0. The standard InChI is InChI=1S/C19H19ClO/c1-2-3-6-11-21-19-17-8-5-4-7-14(17)12-15-9-10-16(20)13-18(15)19/h4-5,7-10,12-13H,2-3,6,11H2,1H3. The van der Waals surface area contributed by atoms with Gasteiger partial charge in [-0.25, -0.2) is 0 Å². The molecule has 1 nitrogen and oxygen atoms in total. The van der Waals surface area contributed by atoms with E-state index >= 15 is 0 Å². The van der Waals surface area contributed by atoms with Crippen molar-refractivity contribution in [2.45, 2.75) is 26.2 Å². The molecule has 0 aromatic heterocycles. The van der Waals surface area contributed by atoms with Gasteiger partial charge in [0.2, 0.25) is 0 Å². The summed E-state index contributed by atoms with van der Waals surface area (Å²) in [5.41, 5.74) is 0. The van der Waals surface area contributed by atoms with Crippen LogP contribution in [0.1, 0.15) is 26.2 Å². The molecule has 0 amide bonds. The summed E-state index contributed by atoms with van der Waals surface area (Å²) in [5, 5.41) is 5.37. The quantitative estimate of drug-likeness (QED) is 0.401. The Hall–Kier alpha value is -1.73. The van der Waals surface area contributed by atoms with Gasteiger partial charge in [-0.1, -0.05) is 61.7 Å². The van der Waals surface area contributed by atoms with Gasteiger partial charge in [-0.3, -0.25) is 0 Å².